The fraction of sp³-hybridized carbons (Fsp3) is 0.250. The Bertz CT molecular complexity index is 1430. The van der Waals surface area contributed by atoms with Gasteiger partial charge in [0.15, 0.2) is 22.9 Å². The summed E-state index contributed by atoms with van der Waals surface area (Å²) in [5, 5.41) is 3.48. The average Bonchev–Trinajstić information content (AvgIpc) is 3.37. The standard InChI is InChI=1S/C24H20N4O5/c29-17-10-14(18-2-1-5-31-18)9-15-16(17)12-25-22-21(15)23(30)28-24(27-22)26-11-13-3-4-19-20(8-13)33-7-6-32-19/h1-5,8,12,14H,6-7,9-11H2,(H2,25,26,27,28,30). The maximum atomic E-state index is 13.0. The predicted molar refractivity (Wildman–Crippen MR) is 119 cm³/mol. The Hall–Kier alpha value is -4.14. The van der Waals surface area contributed by atoms with Crippen molar-refractivity contribution in [1.82, 2.24) is 15.0 Å². The largest absolute Gasteiger partial charge is 0.486 e. The molecule has 3 aromatic heterocycles. The van der Waals surface area contributed by atoms with Gasteiger partial charge in [-0.3, -0.25) is 14.6 Å². The number of anilines is 1. The first-order chi connectivity index (χ1) is 16.2. The summed E-state index contributed by atoms with van der Waals surface area (Å²) in [6, 6.07) is 9.34. The molecule has 6 rings (SSSR count). The fourth-order valence-electron chi connectivity index (χ4n) is 4.46. The second kappa shape index (κ2) is 7.77. The van der Waals surface area contributed by atoms with Gasteiger partial charge in [-0.25, -0.2) is 4.98 Å². The smallest absolute Gasteiger partial charge is 0.262 e. The van der Waals surface area contributed by atoms with Gasteiger partial charge in [0.1, 0.15) is 19.0 Å². The number of ketones is 1. The van der Waals surface area contributed by atoms with E-state index in [1.807, 2.05) is 24.3 Å². The van der Waals surface area contributed by atoms with E-state index >= 15 is 0 Å². The normalized spacial score (nSPS) is 17.1. The van der Waals surface area contributed by atoms with E-state index in [1.54, 1.807) is 12.3 Å². The third kappa shape index (κ3) is 3.51. The van der Waals surface area contributed by atoms with Crippen LogP contribution in [-0.2, 0) is 13.0 Å². The molecule has 1 unspecified atom stereocenters. The van der Waals surface area contributed by atoms with E-state index in [2.05, 4.69) is 20.3 Å². The molecule has 9 heteroatoms. The van der Waals surface area contributed by atoms with Crippen LogP contribution < -0.4 is 20.3 Å². The topological polar surface area (TPSA) is 119 Å². The highest BCUT2D eigenvalue weighted by atomic mass is 16.6. The van der Waals surface area contributed by atoms with Crippen LogP contribution >= 0.6 is 0 Å². The summed E-state index contributed by atoms with van der Waals surface area (Å²) in [4.78, 5) is 37.4. The lowest BCUT2D eigenvalue weighted by Crippen LogP contribution is -2.23. The Balaban J connectivity index is 1.30. The maximum Gasteiger partial charge on any atom is 0.262 e. The van der Waals surface area contributed by atoms with Gasteiger partial charge in [-0.05, 0) is 41.8 Å². The van der Waals surface area contributed by atoms with Crippen molar-refractivity contribution in [3.05, 3.63) is 75.6 Å². The number of fused-ring (bicyclic) bond motifs is 4. The van der Waals surface area contributed by atoms with Crippen molar-refractivity contribution in [3.63, 3.8) is 0 Å². The van der Waals surface area contributed by atoms with Crippen molar-refractivity contribution in [2.75, 3.05) is 18.5 Å². The summed E-state index contributed by atoms with van der Waals surface area (Å²) in [7, 11) is 0. The first kappa shape index (κ1) is 19.5. The number of rotatable bonds is 4. The van der Waals surface area contributed by atoms with Crippen LogP contribution in [0.3, 0.4) is 0 Å². The Labute approximate surface area is 187 Å². The predicted octanol–water partition coefficient (Wildman–Crippen LogP) is 3.21. The molecule has 0 radical (unpaired) electrons. The number of H-pyrrole nitrogens is 1. The van der Waals surface area contributed by atoms with Gasteiger partial charge in [0.2, 0.25) is 5.95 Å². The van der Waals surface area contributed by atoms with Gasteiger partial charge in [-0.15, -0.1) is 0 Å². The van der Waals surface area contributed by atoms with Gasteiger partial charge in [0, 0.05) is 30.6 Å². The molecule has 0 saturated heterocycles. The van der Waals surface area contributed by atoms with Crippen molar-refractivity contribution < 1.29 is 18.7 Å². The average molecular weight is 444 g/mol. The van der Waals surface area contributed by atoms with Gasteiger partial charge in [-0.1, -0.05) is 6.07 Å². The van der Waals surface area contributed by atoms with Crippen LogP contribution in [0.1, 0.15) is 39.6 Å². The highest BCUT2D eigenvalue weighted by Gasteiger charge is 2.30. The second-order valence-corrected chi connectivity index (χ2v) is 8.14. The monoisotopic (exact) mass is 444 g/mol. The number of pyridine rings is 1. The number of benzene rings is 1. The number of hydrogen-bond acceptors (Lipinski definition) is 8. The lowest BCUT2D eigenvalue weighted by Gasteiger charge is -2.22. The molecule has 0 fully saturated rings. The van der Waals surface area contributed by atoms with Gasteiger partial charge < -0.3 is 19.2 Å². The molecule has 1 aromatic carbocycles. The molecule has 0 bridgehead atoms. The number of furan rings is 1. The Morgan fingerprint density at radius 1 is 1.09 bits per heavy atom. The molecule has 2 aliphatic rings. The zero-order chi connectivity index (χ0) is 22.4. The van der Waals surface area contributed by atoms with Crippen LogP contribution in [0.5, 0.6) is 11.5 Å². The molecule has 0 saturated carbocycles. The molecule has 9 nitrogen and oxygen atoms in total. The van der Waals surface area contributed by atoms with Crippen molar-refractivity contribution >= 4 is 22.8 Å². The second-order valence-electron chi connectivity index (χ2n) is 8.14. The number of aromatic nitrogens is 3. The highest BCUT2D eigenvalue weighted by molar-refractivity contribution is 6.02. The van der Waals surface area contributed by atoms with Crippen LogP contribution in [0.25, 0.3) is 11.0 Å². The molecule has 166 valence electrons. The van der Waals surface area contributed by atoms with Crippen molar-refractivity contribution in [2.24, 2.45) is 0 Å². The molecule has 0 amide bonds. The molecule has 1 aliphatic carbocycles. The van der Waals surface area contributed by atoms with Crippen LogP contribution in [-0.4, -0.2) is 33.9 Å². The molecular formula is C24H20N4O5. The molecule has 33 heavy (non-hydrogen) atoms. The van der Waals surface area contributed by atoms with E-state index in [1.165, 1.54) is 6.20 Å². The number of ether oxygens (including phenoxy) is 2. The quantitative estimate of drug-likeness (QED) is 0.493. The van der Waals surface area contributed by atoms with E-state index in [0.29, 0.717) is 66.5 Å². The molecule has 4 aromatic rings. The maximum absolute atomic E-state index is 13.0. The first-order valence-corrected chi connectivity index (χ1v) is 10.8. The van der Waals surface area contributed by atoms with Gasteiger partial charge in [0.05, 0.1) is 11.6 Å². The van der Waals surface area contributed by atoms with Gasteiger partial charge >= 0.3 is 0 Å². The summed E-state index contributed by atoms with van der Waals surface area (Å²) in [6.07, 6.45) is 3.96. The third-order valence-electron chi connectivity index (χ3n) is 6.04. The number of nitrogens with zero attached hydrogens (tertiary/aromatic N) is 2. The van der Waals surface area contributed by atoms with Crippen molar-refractivity contribution in [3.8, 4) is 11.5 Å². The molecule has 0 spiro atoms. The number of aromatic amines is 1. The Kier molecular flexibility index (Phi) is 4.60. The van der Waals surface area contributed by atoms with E-state index in [0.717, 1.165) is 17.1 Å². The lowest BCUT2D eigenvalue weighted by atomic mass is 9.81. The summed E-state index contributed by atoms with van der Waals surface area (Å²) < 4.78 is 16.7. The third-order valence-corrected chi connectivity index (χ3v) is 6.04. The minimum atomic E-state index is -0.332. The first-order valence-electron chi connectivity index (χ1n) is 10.8. The zero-order valence-electron chi connectivity index (χ0n) is 17.6. The SMILES string of the molecule is O=C1CC(c2ccco2)Cc2c1cnc1nc(NCc3ccc4c(c3)OCCO4)[nH]c(=O)c21. The van der Waals surface area contributed by atoms with Crippen molar-refractivity contribution in [2.45, 2.75) is 25.3 Å². The van der Waals surface area contributed by atoms with Crippen molar-refractivity contribution in [1.29, 1.82) is 0 Å². The lowest BCUT2D eigenvalue weighted by molar-refractivity contribution is 0.0960. The van der Waals surface area contributed by atoms with E-state index < -0.39 is 0 Å². The van der Waals surface area contributed by atoms with Crippen LogP contribution in [0.15, 0.2) is 52.0 Å². The zero-order valence-corrected chi connectivity index (χ0v) is 17.6. The fourth-order valence-corrected chi connectivity index (χ4v) is 4.46. The number of carbonyl (C=O) groups excluding carboxylic acids is 1. The molecule has 1 aliphatic heterocycles. The van der Waals surface area contributed by atoms with Gasteiger partial charge in [-0.2, -0.15) is 4.98 Å². The summed E-state index contributed by atoms with van der Waals surface area (Å²) in [6.45, 7) is 1.48. The van der Waals surface area contributed by atoms with Gasteiger partial charge in [0.25, 0.3) is 5.56 Å². The Morgan fingerprint density at radius 3 is 2.82 bits per heavy atom. The molecule has 4 heterocycles. The number of Topliss-reactive ketones (excluding diaryl/α,β-unsaturated/α-hetero) is 1. The molecule has 1 atom stereocenters. The highest BCUT2D eigenvalue weighted by Crippen LogP contribution is 2.35. The minimum Gasteiger partial charge on any atom is -0.486 e. The van der Waals surface area contributed by atoms with Crippen LogP contribution in [0.4, 0.5) is 5.95 Å². The molecule has 2 N–H and O–H groups in total. The summed E-state index contributed by atoms with van der Waals surface area (Å²) in [5.41, 5.74) is 2.07. The molecular weight excluding hydrogens is 424 g/mol. The van der Waals surface area contributed by atoms with E-state index in [4.69, 9.17) is 13.9 Å². The number of carbonyl (C=O) groups is 1. The van der Waals surface area contributed by atoms with Crippen LogP contribution in [0.2, 0.25) is 0 Å². The summed E-state index contributed by atoms with van der Waals surface area (Å²) >= 11 is 0. The number of hydrogen-bond donors (Lipinski definition) is 2. The summed E-state index contributed by atoms with van der Waals surface area (Å²) in [5.74, 6) is 2.30. The van der Waals surface area contributed by atoms with Crippen LogP contribution in [0, 0.1) is 0 Å². The van der Waals surface area contributed by atoms with E-state index in [-0.39, 0.29) is 17.3 Å². The van der Waals surface area contributed by atoms with E-state index in [9.17, 15) is 9.59 Å². The Morgan fingerprint density at radius 2 is 1.97 bits per heavy atom. The number of nitrogens with one attached hydrogen (secondary N) is 2. The minimum absolute atomic E-state index is 0.0488.